The molecule has 0 aromatic heterocycles. The van der Waals surface area contributed by atoms with Crippen LogP contribution >= 0.6 is 0 Å². The number of rotatable bonds is 10. The van der Waals surface area contributed by atoms with Crippen molar-refractivity contribution in [2.75, 3.05) is 0 Å². The number of hydrogen-bond donors (Lipinski definition) is 2. The number of ether oxygens (including phenoxy) is 2. The van der Waals surface area contributed by atoms with Gasteiger partial charge in [-0.3, -0.25) is 14.4 Å². The summed E-state index contributed by atoms with van der Waals surface area (Å²) in [6, 6.07) is 11.0. The normalized spacial score (nSPS) is 17.2. The molecule has 0 amide bonds. The molecule has 0 aliphatic heterocycles. The van der Waals surface area contributed by atoms with E-state index in [2.05, 4.69) is 6.58 Å². The van der Waals surface area contributed by atoms with Crippen LogP contribution in [0, 0.1) is 5.41 Å². The van der Waals surface area contributed by atoms with Crippen LogP contribution in [0.25, 0.3) is 12.2 Å². The molecule has 1 aliphatic carbocycles. The number of Topliss-reactive ketones (excluding diaryl/α,β-unsaturated/α-hetero) is 1. The molecule has 2 aromatic carbocycles. The van der Waals surface area contributed by atoms with Gasteiger partial charge in [-0.05, 0) is 65.8 Å². The minimum Gasteiger partial charge on any atom is -0.508 e. The Bertz CT molecular complexity index is 1420. The highest BCUT2D eigenvalue weighted by Gasteiger charge is 2.39. The number of esters is 2. The summed E-state index contributed by atoms with van der Waals surface area (Å²) in [6.07, 6.45) is 9.99. The molecule has 0 spiro atoms. The molecular formula is C34H36O7. The predicted octanol–water partition coefficient (Wildman–Crippen LogP) is 6.87. The summed E-state index contributed by atoms with van der Waals surface area (Å²) in [5, 5.41) is 19.2. The van der Waals surface area contributed by atoms with Gasteiger partial charge < -0.3 is 19.7 Å². The summed E-state index contributed by atoms with van der Waals surface area (Å²) in [7, 11) is 0. The van der Waals surface area contributed by atoms with Gasteiger partial charge in [0.25, 0.3) is 0 Å². The molecule has 7 nitrogen and oxygen atoms in total. The Hall–Kier alpha value is -4.65. The summed E-state index contributed by atoms with van der Waals surface area (Å²) in [4.78, 5) is 37.8. The van der Waals surface area contributed by atoms with Crippen molar-refractivity contribution < 1.29 is 34.1 Å². The molecule has 3 rings (SSSR count). The Labute approximate surface area is 240 Å². The average molecular weight is 557 g/mol. The minimum absolute atomic E-state index is 0.0399. The standard InChI is InChI=1S/C34H36O7/c1-6-7-22(2)8-15-29-23(3)33(39)30(21-34(29,4)5)41-32(38)17-16-31(37)40-28-13-11-24(12-14-28)9-10-25-18-26(35)20-27(36)19-25/h6-15,18-20,30,35-36H,1,16-17,21H2,2-5H3/b10-9+,15-8+,22-7+. The second kappa shape index (κ2) is 13.6. The van der Waals surface area contributed by atoms with E-state index < -0.39 is 23.5 Å². The maximum Gasteiger partial charge on any atom is 0.311 e. The van der Waals surface area contributed by atoms with Gasteiger partial charge >= 0.3 is 11.9 Å². The fraction of sp³-hybridized carbons (Fsp3) is 0.265. The Morgan fingerprint density at radius 2 is 1.59 bits per heavy atom. The molecule has 7 heteroatoms. The summed E-state index contributed by atoms with van der Waals surface area (Å²) < 4.78 is 10.8. The van der Waals surface area contributed by atoms with Crippen molar-refractivity contribution in [2.24, 2.45) is 5.41 Å². The van der Waals surface area contributed by atoms with Crippen LogP contribution in [0.3, 0.4) is 0 Å². The molecule has 2 N–H and O–H groups in total. The number of phenols is 2. The van der Waals surface area contributed by atoms with Crippen LogP contribution in [0.15, 0.2) is 90.1 Å². The van der Waals surface area contributed by atoms with E-state index in [0.29, 0.717) is 23.3 Å². The Kier molecular flexibility index (Phi) is 10.3. The van der Waals surface area contributed by atoms with Crippen molar-refractivity contribution in [1.82, 2.24) is 0 Å². The first-order valence-corrected chi connectivity index (χ1v) is 13.3. The molecule has 1 unspecified atom stereocenters. The van der Waals surface area contributed by atoms with Gasteiger partial charge in [0.15, 0.2) is 11.9 Å². The first-order chi connectivity index (χ1) is 19.4. The second-order valence-electron chi connectivity index (χ2n) is 10.6. The molecule has 1 aliphatic rings. The lowest BCUT2D eigenvalue weighted by Crippen LogP contribution is -2.39. The number of carbonyl (C=O) groups excluding carboxylic acids is 3. The van der Waals surface area contributed by atoms with E-state index in [-0.39, 0.29) is 30.1 Å². The van der Waals surface area contributed by atoms with Crippen LogP contribution in [0.1, 0.15) is 58.1 Å². The lowest BCUT2D eigenvalue weighted by Gasteiger charge is -2.36. The van der Waals surface area contributed by atoms with Crippen LogP contribution in [-0.2, 0) is 19.1 Å². The fourth-order valence-electron chi connectivity index (χ4n) is 4.61. The van der Waals surface area contributed by atoms with Gasteiger partial charge in [0, 0.05) is 12.5 Å². The quantitative estimate of drug-likeness (QED) is 0.142. The molecular weight excluding hydrogens is 520 g/mol. The number of carbonyl (C=O) groups is 3. The van der Waals surface area contributed by atoms with Crippen molar-refractivity contribution in [3.05, 3.63) is 101 Å². The molecule has 41 heavy (non-hydrogen) atoms. The third-order valence-electron chi connectivity index (χ3n) is 6.70. The van der Waals surface area contributed by atoms with Crippen LogP contribution in [-0.4, -0.2) is 34.0 Å². The minimum atomic E-state index is -0.903. The Balaban J connectivity index is 1.52. The summed E-state index contributed by atoms with van der Waals surface area (Å²) in [5.74, 6) is -1.23. The summed E-state index contributed by atoms with van der Waals surface area (Å²) in [5.41, 5.74) is 3.50. The van der Waals surface area contributed by atoms with E-state index >= 15 is 0 Å². The van der Waals surface area contributed by atoms with Gasteiger partial charge in [-0.25, -0.2) is 0 Å². The molecule has 2 aromatic rings. The van der Waals surface area contributed by atoms with Gasteiger partial charge in [-0.2, -0.15) is 0 Å². The fourth-order valence-corrected chi connectivity index (χ4v) is 4.61. The van der Waals surface area contributed by atoms with Crippen LogP contribution in [0.4, 0.5) is 0 Å². The van der Waals surface area contributed by atoms with Crippen LogP contribution in [0.5, 0.6) is 17.2 Å². The highest BCUT2D eigenvalue weighted by molar-refractivity contribution is 6.01. The van der Waals surface area contributed by atoms with Crippen molar-refractivity contribution >= 4 is 29.9 Å². The largest absolute Gasteiger partial charge is 0.508 e. The van der Waals surface area contributed by atoms with E-state index in [1.807, 2.05) is 39.0 Å². The van der Waals surface area contributed by atoms with Crippen molar-refractivity contribution in [2.45, 2.75) is 53.1 Å². The number of phenolic OH excluding ortho intramolecular Hbond substituents is 2. The molecule has 0 saturated heterocycles. The monoisotopic (exact) mass is 556 g/mol. The van der Waals surface area contributed by atoms with Crippen molar-refractivity contribution in [3.8, 4) is 17.2 Å². The summed E-state index contributed by atoms with van der Waals surface area (Å²) >= 11 is 0. The van der Waals surface area contributed by atoms with Crippen molar-refractivity contribution in [1.29, 1.82) is 0 Å². The van der Waals surface area contributed by atoms with E-state index in [1.54, 1.807) is 49.4 Å². The number of benzene rings is 2. The number of aromatic hydroxyl groups is 2. The highest BCUT2D eigenvalue weighted by Crippen LogP contribution is 2.41. The van der Waals surface area contributed by atoms with Gasteiger partial charge in [0.2, 0.25) is 0 Å². The Morgan fingerprint density at radius 3 is 2.22 bits per heavy atom. The Morgan fingerprint density at radius 1 is 0.976 bits per heavy atom. The van der Waals surface area contributed by atoms with E-state index in [4.69, 9.17) is 9.47 Å². The molecule has 0 heterocycles. The smallest absolute Gasteiger partial charge is 0.311 e. The molecule has 0 radical (unpaired) electrons. The van der Waals surface area contributed by atoms with Crippen LogP contribution < -0.4 is 4.74 Å². The molecule has 0 saturated carbocycles. The van der Waals surface area contributed by atoms with E-state index in [9.17, 15) is 24.6 Å². The first kappa shape index (κ1) is 30.9. The van der Waals surface area contributed by atoms with Gasteiger partial charge in [0.1, 0.15) is 17.2 Å². The molecule has 0 bridgehead atoms. The van der Waals surface area contributed by atoms with Gasteiger partial charge in [-0.15, -0.1) is 0 Å². The zero-order valence-electron chi connectivity index (χ0n) is 23.8. The van der Waals surface area contributed by atoms with E-state index in [0.717, 1.165) is 16.7 Å². The molecule has 1 atom stereocenters. The van der Waals surface area contributed by atoms with Gasteiger partial charge in [0.05, 0.1) is 12.8 Å². The zero-order chi connectivity index (χ0) is 30.2. The maximum absolute atomic E-state index is 13.0. The number of allylic oxidation sites excluding steroid dienone is 6. The van der Waals surface area contributed by atoms with Crippen molar-refractivity contribution in [3.63, 3.8) is 0 Å². The number of hydrogen-bond acceptors (Lipinski definition) is 7. The lowest BCUT2D eigenvalue weighted by atomic mass is 9.71. The molecule has 0 fully saturated rings. The lowest BCUT2D eigenvalue weighted by molar-refractivity contribution is -0.157. The van der Waals surface area contributed by atoms with Crippen LogP contribution in [0.2, 0.25) is 0 Å². The second-order valence-corrected chi connectivity index (χ2v) is 10.6. The maximum atomic E-state index is 13.0. The topological polar surface area (TPSA) is 110 Å². The summed E-state index contributed by atoms with van der Waals surface area (Å²) in [6.45, 7) is 11.4. The highest BCUT2D eigenvalue weighted by atomic mass is 16.5. The first-order valence-electron chi connectivity index (χ1n) is 13.3. The SMILES string of the molecule is C=C/C=C(C)/C=C/C1=C(C)C(=O)C(OC(=O)CCC(=O)Oc2ccc(/C=C/c3cc(O)cc(O)c3)cc2)CC1(C)C. The number of ketones is 1. The van der Waals surface area contributed by atoms with Gasteiger partial charge in [-0.1, -0.05) is 74.6 Å². The predicted molar refractivity (Wildman–Crippen MR) is 159 cm³/mol. The third-order valence-corrected chi connectivity index (χ3v) is 6.70. The van der Waals surface area contributed by atoms with E-state index in [1.165, 1.54) is 18.2 Å². The third kappa shape index (κ3) is 8.93. The molecule has 214 valence electrons. The zero-order valence-corrected chi connectivity index (χ0v) is 23.8. The average Bonchev–Trinajstić information content (AvgIpc) is 2.89.